The zero-order valence-corrected chi connectivity index (χ0v) is 14.6. The van der Waals surface area contributed by atoms with E-state index >= 15 is 0 Å². The van der Waals surface area contributed by atoms with E-state index in [0.29, 0.717) is 19.3 Å². The van der Waals surface area contributed by atoms with E-state index in [0.717, 1.165) is 55.6 Å². The van der Waals surface area contributed by atoms with Crippen LogP contribution in [-0.4, -0.2) is 32.2 Å². The SMILES string of the molecule is Cn1ccc(CNC2CCC(n3nc4c(cc3=O)COCC4)CC2)n1. The highest BCUT2D eigenvalue weighted by Crippen LogP contribution is 2.27. The van der Waals surface area contributed by atoms with Crippen molar-refractivity contribution in [2.75, 3.05) is 6.61 Å². The fourth-order valence-electron chi connectivity index (χ4n) is 3.82. The third kappa shape index (κ3) is 3.67. The van der Waals surface area contributed by atoms with E-state index < -0.39 is 0 Å². The summed E-state index contributed by atoms with van der Waals surface area (Å²) in [5.74, 6) is 0. The van der Waals surface area contributed by atoms with Crippen molar-refractivity contribution in [3.8, 4) is 0 Å². The Morgan fingerprint density at radius 1 is 1.28 bits per heavy atom. The maximum absolute atomic E-state index is 12.4. The molecule has 2 aliphatic rings. The van der Waals surface area contributed by atoms with Gasteiger partial charge >= 0.3 is 0 Å². The van der Waals surface area contributed by atoms with E-state index in [-0.39, 0.29) is 11.6 Å². The van der Waals surface area contributed by atoms with E-state index in [4.69, 9.17) is 4.74 Å². The Hall–Kier alpha value is -1.99. The van der Waals surface area contributed by atoms with Gasteiger partial charge in [-0.25, -0.2) is 4.68 Å². The number of hydrogen-bond donors (Lipinski definition) is 1. The zero-order chi connectivity index (χ0) is 17.2. The monoisotopic (exact) mass is 343 g/mol. The number of nitrogens with zero attached hydrogens (tertiary/aromatic N) is 4. The Kier molecular flexibility index (Phi) is 4.67. The maximum Gasteiger partial charge on any atom is 0.267 e. The van der Waals surface area contributed by atoms with Gasteiger partial charge in [-0.15, -0.1) is 0 Å². The number of fused-ring (bicyclic) bond motifs is 1. The van der Waals surface area contributed by atoms with Crippen LogP contribution in [0.25, 0.3) is 0 Å². The lowest BCUT2D eigenvalue weighted by atomic mass is 9.91. The van der Waals surface area contributed by atoms with Crippen molar-refractivity contribution in [2.45, 2.75) is 57.3 Å². The lowest BCUT2D eigenvalue weighted by molar-refractivity contribution is 0.107. The van der Waals surface area contributed by atoms with Crippen molar-refractivity contribution in [3.05, 3.63) is 45.6 Å². The van der Waals surface area contributed by atoms with E-state index in [2.05, 4.69) is 15.5 Å². The summed E-state index contributed by atoms with van der Waals surface area (Å²) in [5, 5.41) is 12.6. The van der Waals surface area contributed by atoms with E-state index in [1.54, 1.807) is 10.7 Å². The molecule has 25 heavy (non-hydrogen) atoms. The summed E-state index contributed by atoms with van der Waals surface area (Å²) in [6, 6.07) is 4.46. The first-order valence-electron chi connectivity index (χ1n) is 9.10. The van der Waals surface area contributed by atoms with Crippen molar-refractivity contribution >= 4 is 0 Å². The van der Waals surface area contributed by atoms with Crippen LogP contribution in [0.2, 0.25) is 0 Å². The van der Waals surface area contributed by atoms with E-state index in [1.807, 2.05) is 24.0 Å². The van der Waals surface area contributed by atoms with Crippen LogP contribution < -0.4 is 10.9 Å². The Morgan fingerprint density at radius 2 is 2.12 bits per heavy atom. The predicted molar refractivity (Wildman–Crippen MR) is 93.2 cm³/mol. The van der Waals surface area contributed by atoms with Crippen molar-refractivity contribution < 1.29 is 4.74 Å². The van der Waals surface area contributed by atoms with Gasteiger partial charge in [0.2, 0.25) is 0 Å². The molecule has 0 bridgehead atoms. The summed E-state index contributed by atoms with van der Waals surface area (Å²) in [7, 11) is 1.93. The molecule has 0 unspecified atom stereocenters. The number of hydrogen-bond acceptors (Lipinski definition) is 5. The third-order valence-electron chi connectivity index (χ3n) is 5.25. The summed E-state index contributed by atoms with van der Waals surface area (Å²) in [4.78, 5) is 12.4. The minimum Gasteiger partial charge on any atom is -0.376 e. The second kappa shape index (κ2) is 7.09. The molecular weight excluding hydrogens is 318 g/mol. The van der Waals surface area contributed by atoms with Gasteiger partial charge in [0.1, 0.15) is 0 Å². The highest BCUT2D eigenvalue weighted by atomic mass is 16.5. The lowest BCUT2D eigenvalue weighted by Gasteiger charge is -2.30. The third-order valence-corrected chi connectivity index (χ3v) is 5.25. The van der Waals surface area contributed by atoms with Crippen LogP contribution in [0.15, 0.2) is 23.1 Å². The molecule has 1 N–H and O–H groups in total. The van der Waals surface area contributed by atoms with Crippen LogP contribution in [0.1, 0.15) is 48.7 Å². The summed E-state index contributed by atoms with van der Waals surface area (Å²) >= 11 is 0. The highest BCUT2D eigenvalue weighted by Gasteiger charge is 2.25. The van der Waals surface area contributed by atoms with Gasteiger partial charge in [-0.2, -0.15) is 10.2 Å². The Morgan fingerprint density at radius 3 is 2.88 bits per heavy atom. The second-order valence-electron chi connectivity index (χ2n) is 7.07. The summed E-state index contributed by atoms with van der Waals surface area (Å²) in [5.41, 5.74) is 3.06. The largest absolute Gasteiger partial charge is 0.376 e. The fourth-order valence-corrected chi connectivity index (χ4v) is 3.82. The molecule has 0 radical (unpaired) electrons. The lowest BCUT2D eigenvalue weighted by Crippen LogP contribution is -2.37. The van der Waals surface area contributed by atoms with Crippen LogP contribution in [-0.2, 0) is 31.4 Å². The number of ether oxygens (including phenoxy) is 1. The van der Waals surface area contributed by atoms with Gasteiger partial charge < -0.3 is 10.1 Å². The quantitative estimate of drug-likeness (QED) is 0.906. The number of aryl methyl sites for hydroxylation is 1. The van der Waals surface area contributed by atoms with Gasteiger partial charge in [0.05, 0.1) is 30.6 Å². The van der Waals surface area contributed by atoms with Crippen molar-refractivity contribution in [1.29, 1.82) is 0 Å². The molecule has 134 valence electrons. The molecule has 3 heterocycles. The highest BCUT2D eigenvalue weighted by molar-refractivity contribution is 5.19. The van der Waals surface area contributed by atoms with Crippen LogP contribution in [0, 0.1) is 0 Å². The predicted octanol–water partition coefficient (Wildman–Crippen LogP) is 1.32. The molecule has 0 aromatic carbocycles. The molecule has 2 aromatic heterocycles. The van der Waals surface area contributed by atoms with Gasteiger partial charge in [0.15, 0.2) is 0 Å². The molecule has 2 aromatic rings. The molecule has 4 rings (SSSR count). The van der Waals surface area contributed by atoms with Crippen LogP contribution >= 0.6 is 0 Å². The topological polar surface area (TPSA) is 74.0 Å². The molecule has 1 aliphatic carbocycles. The van der Waals surface area contributed by atoms with Crippen LogP contribution in [0.5, 0.6) is 0 Å². The van der Waals surface area contributed by atoms with E-state index in [9.17, 15) is 4.79 Å². The molecule has 0 amide bonds. The summed E-state index contributed by atoms with van der Waals surface area (Å²) in [6.07, 6.45) is 6.87. The van der Waals surface area contributed by atoms with Gasteiger partial charge in [-0.05, 0) is 31.7 Å². The van der Waals surface area contributed by atoms with Gasteiger partial charge in [0, 0.05) is 43.9 Å². The standard InChI is InChI=1S/C18H25N5O2/c1-22-8-6-15(20-22)11-19-14-2-4-16(5-3-14)23-18(24)10-13-12-25-9-7-17(13)21-23/h6,8,10,14,16,19H,2-5,7,9,11-12H2,1H3. The smallest absolute Gasteiger partial charge is 0.267 e. The van der Waals surface area contributed by atoms with Crippen LogP contribution in [0.4, 0.5) is 0 Å². The molecule has 0 spiro atoms. The molecular formula is C18H25N5O2. The molecule has 7 heteroatoms. The molecule has 1 saturated carbocycles. The average Bonchev–Trinajstić information content (AvgIpc) is 3.05. The van der Waals surface area contributed by atoms with E-state index in [1.165, 1.54) is 0 Å². The number of aromatic nitrogens is 4. The fraction of sp³-hybridized carbons (Fsp3) is 0.611. The first kappa shape index (κ1) is 16.5. The summed E-state index contributed by atoms with van der Waals surface area (Å²) < 4.78 is 8.96. The van der Waals surface area contributed by atoms with Crippen LogP contribution in [0.3, 0.4) is 0 Å². The Bertz CT molecular complexity index is 789. The maximum atomic E-state index is 12.4. The van der Waals surface area contributed by atoms with Gasteiger partial charge in [-0.1, -0.05) is 0 Å². The number of rotatable bonds is 4. The molecule has 7 nitrogen and oxygen atoms in total. The minimum absolute atomic E-state index is 0.00847. The Labute approximate surface area is 147 Å². The van der Waals surface area contributed by atoms with Gasteiger partial charge in [0.25, 0.3) is 5.56 Å². The van der Waals surface area contributed by atoms with Gasteiger partial charge in [-0.3, -0.25) is 9.48 Å². The van der Waals surface area contributed by atoms with Crippen molar-refractivity contribution in [2.24, 2.45) is 7.05 Å². The molecule has 1 fully saturated rings. The number of nitrogens with one attached hydrogen (secondary N) is 1. The van der Waals surface area contributed by atoms with Crippen molar-refractivity contribution in [1.82, 2.24) is 24.9 Å². The second-order valence-corrected chi connectivity index (χ2v) is 7.07. The molecule has 0 saturated heterocycles. The normalized spacial score (nSPS) is 23.4. The van der Waals surface area contributed by atoms with Crippen molar-refractivity contribution in [3.63, 3.8) is 0 Å². The first-order valence-corrected chi connectivity index (χ1v) is 9.10. The first-order chi connectivity index (χ1) is 12.2. The minimum atomic E-state index is 0.00847. The molecule has 0 atom stereocenters. The summed E-state index contributed by atoms with van der Waals surface area (Å²) in [6.45, 7) is 2.01. The zero-order valence-electron chi connectivity index (χ0n) is 14.6. The Balaban J connectivity index is 1.36. The molecule has 1 aliphatic heterocycles. The average molecular weight is 343 g/mol.